The van der Waals surface area contributed by atoms with E-state index in [2.05, 4.69) is 29.6 Å². The first-order valence-corrected chi connectivity index (χ1v) is 8.98. The van der Waals surface area contributed by atoms with Gasteiger partial charge in [-0.1, -0.05) is 61.5 Å². The van der Waals surface area contributed by atoms with Crippen LogP contribution in [0.2, 0.25) is 0 Å². The Balaban J connectivity index is 1.60. The number of carbonyl (C=O) groups excluding carboxylic acids is 1. The Morgan fingerprint density at radius 1 is 1.11 bits per heavy atom. The Kier molecular flexibility index (Phi) is 5.60. The molecule has 1 amide bonds. The highest BCUT2D eigenvalue weighted by molar-refractivity contribution is 5.85. The molecule has 1 unspecified atom stereocenters. The number of amides is 1. The second-order valence-electron chi connectivity index (χ2n) is 6.84. The first-order valence-electron chi connectivity index (χ1n) is 8.98. The van der Waals surface area contributed by atoms with E-state index in [1.165, 1.54) is 29.2 Å². The number of ether oxygens (including phenoxy) is 1. The van der Waals surface area contributed by atoms with Crippen molar-refractivity contribution < 1.29 is 19.4 Å². The van der Waals surface area contributed by atoms with Gasteiger partial charge in [0, 0.05) is 18.0 Å². The van der Waals surface area contributed by atoms with E-state index in [-0.39, 0.29) is 24.0 Å². The van der Waals surface area contributed by atoms with Gasteiger partial charge in [-0.05, 0) is 35.1 Å². The molecular weight excluding hydrogens is 342 g/mol. The lowest BCUT2D eigenvalue weighted by atomic mass is 9.98. The first-order chi connectivity index (χ1) is 13.0. The average molecular weight is 365 g/mol. The number of rotatable bonds is 6. The van der Waals surface area contributed by atoms with Gasteiger partial charge in [0.2, 0.25) is 0 Å². The molecule has 0 spiro atoms. The number of carboxylic acids is 1. The van der Waals surface area contributed by atoms with Crippen LogP contribution in [0, 0.1) is 5.92 Å². The number of aliphatic carboxylic acids is 1. The molecule has 2 N–H and O–H groups in total. The summed E-state index contributed by atoms with van der Waals surface area (Å²) in [6, 6.07) is 16.3. The van der Waals surface area contributed by atoms with Crippen LogP contribution in [0.1, 0.15) is 30.9 Å². The SMILES string of the molecule is C/C(=C\C(C)CNC(=O)OCC1c2ccccc2-c2ccccc21)C(=O)O. The minimum absolute atomic E-state index is 0.0229. The zero-order valence-corrected chi connectivity index (χ0v) is 15.4. The molecule has 5 nitrogen and oxygen atoms in total. The molecule has 0 aliphatic heterocycles. The highest BCUT2D eigenvalue weighted by atomic mass is 16.5. The minimum Gasteiger partial charge on any atom is -0.478 e. The van der Waals surface area contributed by atoms with Crippen LogP contribution in [0.25, 0.3) is 11.1 Å². The maximum atomic E-state index is 12.1. The van der Waals surface area contributed by atoms with Gasteiger partial charge >= 0.3 is 12.1 Å². The third-order valence-electron chi connectivity index (χ3n) is 4.78. The molecule has 0 saturated carbocycles. The molecule has 1 atom stereocenters. The highest BCUT2D eigenvalue weighted by Gasteiger charge is 2.28. The van der Waals surface area contributed by atoms with Crippen molar-refractivity contribution >= 4 is 12.1 Å². The summed E-state index contributed by atoms with van der Waals surface area (Å²) in [6.45, 7) is 3.96. The van der Waals surface area contributed by atoms with Gasteiger partial charge in [0.25, 0.3) is 0 Å². The topological polar surface area (TPSA) is 75.6 Å². The zero-order valence-electron chi connectivity index (χ0n) is 15.4. The van der Waals surface area contributed by atoms with Gasteiger partial charge in [-0.2, -0.15) is 0 Å². The number of alkyl carbamates (subject to hydrolysis) is 1. The summed E-state index contributed by atoms with van der Waals surface area (Å²) >= 11 is 0. The van der Waals surface area contributed by atoms with E-state index in [0.29, 0.717) is 6.54 Å². The molecular formula is C22H23NO4. The maximum absolute atomic E-state index is 12.1. The van der Waals surface area contributed by atoms with E-state index in [1.807, 2.05) is 31.2 Å². The molecule has 5 heteroatoms. The van der Waals surface area contributed by atoms with Crippen LogP contribution < -0.4 is 5.32 Å². The summed E-state index contributed by atoms with van der Waals surface area (Å²) in [6.07, 6.45) is 1.12. The fraction of sp³-hybridized carbons (Fsp3) is 0.273. The molecule has 2 aromatic carbocycles. The van der Waals surface area contributed by atoms with Crippen LogP contribution in [0.15, 0.2) is 60.2 Å². The molecule has 2 aromatic rings. The normalized spacial score (nSPS) is 14.2. The number of benzene rings is 2. The van der Waals surface area contributed by atoms with Gasteiger partial charge in [-0.3, -0.25) is 0 Å². The predicted octanol–water partition coefficient (Wildman–Crippen LogP) is 4.19. The molecule has 0 fully saturated rings. The van der Waals surface area contributed by atoms with Crippen LogP contribution in [0.3, 0.4) is 0 Å². The fourth-order valence-corrected chi connectivity index (χ4v) is 3.45. The number of hydrogen-bond acceptors (Lipinski definition) is 3. The van der Waals surface area contributed by atoms with E-state index >= 15 is 0 Å². The van der Waals surface area contributed by atoms with Crippen LogP contribution >= 0.6 is 0 Å². The number of carboxylic acid groups (broad SMARTS) is 1. The highest BCUT2D eigenvalue weighted by Crippen LogP contribution is 2.44. The van der Waals surface area contributed by atoms with E-state index in [1.54, 1.807) is 6.08 Å². The van der Waals surface area contributed by atoms with Crippen molar-refractivity contribution in [3.63, 3.8) is 0 Å². The molecule has 0 heterocycles. The second-order valence-corrected chi connectivity index (χ2v) is 6.84. The molecule has 0 aromatic heterocycles. The van der Waals surface area contributed by atoms with Gasteiger partial charge < -0.3 is 15.2 Å². The van der Waals surface area contributed by atoms with Crippen molar-refractivity contribution in [1.29, 1.82) is 0 Å². The van der Waals surface area contributed by atoms with Crippen molar-refractivity contribution in [2.75, 3.05) is 13.2 Å². The largest absolute Gasteiger partial charge is 0.478 e. The fourth-order valence-electron chi connectivity index (χ4n) is 3.45. The number of carbonyl (C=O) groups is 2. The molecule has 0 saturated heterocycles. The van der Waals surface area contributed by atoms with E-state index in [9.17, 15) is 9.59 Å². The first kappa shape index (κ1) is 18.7. The van der Waals surface area contributed by atoms with E-state index in [0.717, 1.165) is 0 Å². The summed E-state index contributed by atoms with van der Waals surface area (Å²) in [5.41, 5.74) is 4.96. The molecule has 0 bridgehead atoms. The summed E-state index contributed by atoms with van der Waals surface area (Å²) in [4.78, 5) is 22.9. The van der Waals surface area contributed by atoms with Gasteiger partial charge in [0.1, 0.15) is 6.61 Å². The molecule has 3 rings (SSSR count). The van der Waals surface area contributed by atoms with Crippen LogP contribution in [-0.2, 0) is 9.53 Å². The third-order valence-corrected chi connectivity index (χ3v) is 4.78. The number of hydrogen-bond donors (Lipinski definition) is 2. The van der Waals surface area contributed by atoms with Crippen molar-refractivity contribution in [3.05, 3.63) is 71.3 Å². The monoisotopic (exact) mass is 365 g/mol. The van der Waals surface area contributed by atoms with Gasteiger partial charge in [0.15, 0.2) is 0 Å². The molecule has 140 valence electrons. The average Bonchev–Trinajstić information content (AvgIpc) is 2.98. The molecule has 1 aliphatic carbocycles. The van der Waals surface area contributed by atoms with E-state index < -0.39 is 12.1 Å². The Labute approximate surface area is 158 Å². The second kappa shape index (κ2) is 8.08. The zero-order chi connectivity index (χ0) is 19.4. The minimum atomic E-state index is -0.956. The van der Waals surface area contributed by atoms with Crippen molar-refractivity contribution in [2.45, 2.75) is 19.8 Å². The molecule has 27 heavy (non-hydrogen) atoms. The third kappa shape index (κ3) is 4.19. The van der Waals surface area contributed by atoms with Crippen molar-refractivity contribution in [1.82, 2.24) is 5.32 Å². The molecule has 0 radical (unpaired) electrons. The maximum Gasteiger partial charge on any atom is 0.407 e. The lowest BCUT2D eigenvalue weighted by Gasteiger charge is -2.15. The van der Waals surface area contributed by atoms with Gasteiger partial charge in [0.05, 0.1) is 0 Å². The van der Waals surface area contributed by atoms with Crippen LogP contribution in [0.4, 0.5) is 4.79 Å². The Morgan fingerprint density at radius 3 is 2.22 bits per heavy atom. The van der Waals surface area contributed by atoms with Crippen molar-refractivity contribution in [3.8, 4) is 11.1 Å². The Bertz CT molecular complexity index is 842. The van der Waals surface area contributed by atoms with E-state index in [4.69, 9.17) is 9.84 Å². The lowest BCUT2D eigenvalue weighted by molar-refractivity contribution is -0.132. The standard InChI is InChI=1S/C22H23NO4/c1-14(11-15(2)21(24)25)12-23-22(26)27-13-20-18-9-5-3-7-16(18)17-8-4-6-10-19(17)20/h3-11,14,20H,12-13H2,1-2H3,(H,23,26)(H,24,25)/b15-11+. The molecule has 1 aliphatic rings. The summed E-state index contributed by atoms with van der Waals surface area (Å²) in [5.74, 6) is -1.03. The quantitative estimate of drug-likeness (QED) is 0.753. The number of fused-ring (bicyclic) bond motifs is 3. The summed E-state index contributed by atoms with van der Waals surface area (Å²) in [5, 5.41) is 11.6. The van der Waals surface area contributed by atoms with Gasteiger partial charge in [-0.25, -0.2) is 9.59 Å². The lowest BCUT2D eigenvalue weighted by Crippen LogP contribution is -2.29. The van der Waals surface area contributed by atoms with Crippen LogP contribution in [-0.4, -0.2) is 30.3 Å². The summed E-state index contributed by atoms with van der Waals surface area (Å²) < 4.78 is 5.46. The summed E-state index contributed by atoms with van der Waals surface area (Å²) in [7, 11) is 0. The predicted molar refractivity (Wildman–Crippen MR) is 104 cm³/mol. The Hall–Kier alpha value is -3.08. The Morgan fingerprint density at radius 2 is 1.67 bits per heavy atom. The van der Waals surface area contributed by atoms with Crippen LogP contribution in [0.5, 0.6) is 0 Å². The smallest absolute Gasteiger partial charge is 0.407 e. The number of nitrogens with one attached hydrogen (secondary N) is 1. The van der Waals surface area contributed by atoms with Crippen molar-refractivity contribution in [2.24, 2.45) is 5.92 Å². The van der Waals surface area contributed by atoms with Gasteiger partial charge in [-0.15, -0.1) is 0 Å².